The molecule has 0 radical (unpaired) electrons. The van der Waals surface area contributed by atoms with Crippen LogP contribution in [0.4, 0.5) is 0 Å². The molecule has 0 amide bonds. The molecular formula is C16H13ClO2. The zero-order valence-electron chi connectivity index (χ0n) is 10.4. The summed E-state index contributed by atoms with van der Waals surface area (Å²) in [7, 11) is 0. The van der Waals surface area contributed by atoms with Gasteiger partial charge in [0.1, 0.15) is 17.6 Å². The lowest BCUT2D eigenvalue weighted by molar-refractivity contribution is 0.253. The molecule has 2 rings (SSSR count). The third kappa shape index (κ3) is 4.03. The molecule has 0 heterocycles. The number of ether oxygens (including phenoxy) is 1. The molecule has 19 heavy (non-hydrogen) atoms. The molecule has 0 aliphatic rings. The Bertz CT molecular complexity index is 607. The number of hydrogen-bond acceptors (Lipinski definition) is 2. The third-order valence-electron chi connectivity index (χ3n) is 2.34. The second-order valence-electron chi connectivity index (χ2n) is 4.00. The summed E-state index contributed by atoms with van der Waals surface area (Å²) in [6.45, 7) is 1.63. The van der Waals surface area contributed by atoms with Gasteiger partial charge in [-0.1, -0.05) is 35.6 Å². The smallest absolute Gasteiger partial charge is 0.146 e. The molecule has 2 aromatic rings. The molecule has 1 atom stereocenters. The van der Waals surface area contributed by atoms with Gasteiger partial charge in [0.15, 0.2) is 0 Å². The van der Waals surface area contributed by atoms with E-state index in [1.807, 2.05) is 42.5 Å². The molecule has 1 N–H and O–H groups in total. The predicted molar refractivity (Wildman–Crippen MR) is 76.5 cm³/mol. The van der Waals surface area contributed by atoms with Crippen LogP contribution in [0, 0.1) is 11.8 Å². The maximum atomic E-state index is 9.08. The zero-order valence-corrected chi connectivity index (χ0v) is 11.2. The molecule has 0 bridgehead atoms. The van der Waals surface area contributed by atoms with E-state index in [1.54, 1.807) is 13.0 Å². The quantitative estimate of drug-likeness (QED) is 0.841. The van der Waals surface area contributed by atoms with Crippen molar-refractivity contribution in [1.82, 2.24) is 0 Å². The molecule has 0 aromatic heterocycles. The molecule has 0 saturated heterocycles. The maximum Gasteiger partial charge on any atom is 0.146 e. The van der Waals surface area contributed by atoms with Crippen LogP contribution in [0.3, 0.4) is 0 Å². The Balaban J connectivity index is 2.12. The first-order chi connectivity index (χ1) is 9.15. The summed E-state index contributed by atoms with van der Waals surface area (Å²) in [6, 6.07) is 14.6. The molecule has 3 heteroatoms. The van der Waals surface area contributed by atoms with Gasteiger partial charge in [0.25, 0.3) is 0 Å². The van der Waals surface area contributed by atoms with E-state index >= 15 is 0 Å². The summed E-state index contributed by atoms with van der Waals surface area (Å²) in [6.07, 6.45) is -0.626. The monoisotopic (exact) mass is 272 g/mol. The second kappa shape index (κ2) is 6.29. The number of benzene rings is 2. The molecule has 0 saturated carbocycles. The normalized spacial score (nSPS) is 11.3. The highest BCUT2D eigenvalue weighted by molar-refractivity contribution is 6.32. The van der Waals surface area contributed by atoms with Gasteiger partial charge in [-0.25, -0.2) is 0 Å². The fraction of sp³-hybridized carbons (Fsp3) is 0.125. The summed E-state index contributed by atoms with van der Waals surface area (Å²) in [5.74, 6) is 6.86. The first kappa shape index (κ1) is 13.5. The summed E-state index contributed by atoms with van der Waals surface area (Å²) < 4.78 is 5.66. The van der Waals surface area contributed by atoms with Crippen LogP contribution in [0.1, 0.15) is 12.5 Å². The summed E-state index contributed by atoms with van der Waals surface area (Å²) in [5.41, 5.74) is 0.826. The molecule has 96 valence electrons. The SMILES string of the molecule is CC(O)C#Cc1ccc(Oc2ccccc2Cl)cc1. The maximum absolute atomic E-state index is 9.08. The number of hydrogen-bond donors (Lipinski definition) is 1. The first-order valence-electron chi connectivity index (χ1n) is 5.87. The minimum Gasteiger partial charge on any atom is -0.456 e. The lowest BCUT2D eigenvalue weighted by Gasteiger charge is -2.06. The third-order valence-corrected chi connectivity index (χ3v) is 2.66. The van der Waals surface area contributed by atoms with Crippen LogP contribution in [0.5, 0.6) is 11.5 Å². The molecular weight excluding hydrogens is 260 g/mol. The molecule has 0 aliphatic heterocycles. The highest BCUT2D eigenvalue weighted by atomic mass is 35.5. The fourth-order valence-corrected chi connectivity index (χ4v) is 1.62. The van der Waals surface area contributed by atoms with Gasteiger partial charge in [-0.2, -0.15) is 0 Å². The summed E-state index contributed by atoms with van der Waals surface area (Å²) >= 11 is 6.01. The van der Waals surface area contributed by atoms with Gasteiger partial charge < -0.3 is 9.84 Å². The lowest BCUT2D eigenvalue weighted by atomic mass is 10.2. The molecule has 2 nitrogen and oxygen atoms in total. The molecule has 1 unspecified atom stereocenters. The Hall–Kier alpha value is -1.95. The van der Waals surface area contributed by atoms with Crippen LogP contribution in [0.25, 0.3) is 0 Å². The van der Waals surface area contributed by atoms with Gasteiger partial charge >= 0.3 is 0 Å². The number of para-hydroxylation sites is 1. The van der Waals surface area contributed by atoms with E-state index in [0.29, 0.717) is 16.5 Å². The second-order valence-corrected chi connectivity index (χ2v) is 4.41. The van der Waals surface area contributed by atoms with Crippen molar-refractivity contribution in [2.75, 3.05) is 0 Å². The van der Waals surface area contributed by atoms with Crippen LogP contribution in [0.2, 0.25) is 5.02 Å². The van der Waals surface area contributed by atoms with Gasteiger partial charge in [0.05, 0.1) is 5.02 Å². The summed E-state index contributed by atoms with van der Waals surface area (Å²) in [5, 5.41) is 9.65. The average Bonchev–Trinajstić information content (AvgIpc) is 2.40. The van der Waals surface area contributed by atoms with E-state index < -0.39 is 6.10 Å². The van der Waals surface area contributed by atoms with Gasteiger partial charge in [-0.15, -0.1) is 0 Å². The van der Waals surface area contributed by atoms with Gasteiger partial charge in [-0.3, -0.25) is 0 Å². The van der Waals surface area contributed by atoms with E-state index in [9.17, 15) is 0 Å². The van der Waals surface area contributed by atoms with Crippen LogP contribution in [-0.4, -0.2) is 11.2 Å². The summed E-state index contributed by atoms with van der Waals surface area (Å²) in [4.78, 5) is 0. The van der Waals surface area contributed by atoms with E-state index in [0.717, 1.165) is 5.56 Å². The van der Waals surface area contributed by atoms with Crippen molar-refractivity contribution in [2.45, 2.75) is 13.0 Å². The average molecular weight is 273 g/mol. The van der Waals surface area contributed by atoms with Crippen LogP contribution in [0.15, 0.2) is 48.5 Å². The highest BCUT2D eigenvalue weighted by Crippen LogP contribution is 2.28. The van der Waals surface area contributed by atoms with Crippen LogP contribution < -0.4 is 4.74 Å². The molecule has 0 fully saturated rings. The fourth-order valence-electron chi connectivity index (χ4n) is 1.45. The minimum atomic E-state index is -0.626. The van der Waals surface area contributed by atoms with Crippen molar-refractivity contribution in [3.63, 3.8) is 0 Å². The van der Waals surface area contributed by atoms with Crippen molar-refractivity contribution in [1.29, 1.82) is 0 Å². The Morgan fingerprint density at radius 3 is 2.42 bits per heavy atom. The van der Waals surface area contributed by atoms with E-state index in [-0.39, 0.29) is 0 Å². The van der Waals surface area contributed by atoms with Gasteiger partial charge in [-0.05, 0) is 43.3 Å². The molecule has 0 aliphatic carbocycles. The lowest BCUT2D eigenvalue weighted by Crippen LogP contribution is -1.92. The van der Waals surface area contributed by atoms with E-state index in [2.05, 4.69) is 11.8 Å². The van der Waals surface area contributed by atoms with Crippen molar-refractivity contribution in [2.24, 2.45) is 0 Å². The highest BCUT2D eigenvalue weighted by Gasteiger charge is 2.01. The minimum absolute atomic E-state index is 0.570. The Morgan fingerprint density at radius 2 is 1.79 bits per heavy atom. The number of rotatable bonds is 2. The van der Waals surface area contributed by atoms with Crippen molar-refractivity contribution >= 4 is 11.6 Å². The van der Waals surface area contributed by atoms with E-state index in [4.69, 9.17) is 21.4 Å². The number of aliphatic hydroxyl groups excluding tert-OH is 1. The number of aliphatic hydroxyl groups is 1. The van der Waals surface area contributed by atoms with Crippen LogP contribution in [-0.2, 0) is 0 Å². The standard InChI is InChI=1S/C16H13ClO2/c1-12(18)6-7-13-8-10-14(11-9-13)19-16-5-3-2-4-15(16)17/h2-5,8-12,18H,1H3. The topological polar surface area (TPSA) is 29.5 Å². The van der Waals surface area contributed by atoms with Gasteiger partial charge in [0.2, 0.25) is 0 Å². The Kier molecular flexibility index (Phi) is 4.46. The van der Waals surface area contributed by atoms with Crippen LogP contribution >= 0.6 is 11.6 Å². The Morgan fingerprint density at radius 1 is 1.11 bits per heavy atom. The van der Waals surface area contributed by atoms with Crippen molar-refractivity contribution in [3.05, 3.63) is 59.1 Å². The largest absolute Gasteiger partial charge is 0.456 e. The van der Waals surface area contributed by atoms with Gasteiger partial charge in [0, 0.05) is 5.56 Å². The molecule has 0 spiro atoms. The predicted octanol–water partition coefficient (Wildman–Crippen LogP) is 3.86. The Labute approximate surface area is 117 Å². The van der Waals surface area contributed by atoms with Crippen molar-refractivity contribution in [3.8, 4) is 23.3 Å². The number of halogens is 1. The first-order valence-corrected chi connectivity index (χ1v) is 6.25. The zero-order chi connectivity index (χ0) is 13.7. The van der Waals surface area contributed by atoms with E-state index in [1.165, 1.54) is 0 Å². The molecule has 2 aromatic carbocycles. The van der Waals surface area contributed by atoms with Crippen molar-refractivity contribution < 1.29 is 9.84 Å².